The number of nitrogens with one attached hydrogen (secondary N) is 2. The Morgan fingerprint density at radius 3 is 1.78 bits per heavy atom. The first kappa shape index (κ1) is 54.9. The summed E-state index contributed by atoms with van der Waals surface area (Å²) in [6, 6.07) is 35.0. The molecule has 5 aromatic carbocycles. The lowest BCUT2D eigenvalue weighted by Crippen LogP contribution is -2.48. The maximum Gasteiger partial charge on any atom is 0.317 e. The van der Waals surface area contributed by atoms with Gasteiger partial charge >= 0.3 is 12.1 Å². The lowest BCUT2D eigenvalue weighted by atomic mass is 9.79. The molecule has 406 valence electrons. The van der Waals surface area contributed by atoms with E-state index in [-0.39, 0.29) is 89.0 Å². The van der Waals surface area contributed by atoms with Crippen molar-refractivity contribution < 1.29 is 36.0 Å². The van der Waals surface area contributed by atoms with Crippen molar-refractivity contribution in [2.24, 2.45) is 0 Å². The van der Waals surface area contributed by atoms with Gasteiger partial charge < -0.3 is 25.2 Å². The molecule has 1 aromatic heterocycles. The van der Waals surface area contributed by atoms with Crippen LogP contribution in [0.3, 0.4) is 0 Å². The number of benzene rings is 5. The normalized spacial score (nSPS) is 19.6. The molecule has 0 radical (unpaired) electrons. The minimum absolute atomic E-state index is 0.00739. The topological polar surface area (TPSA) is 190 Å². The molecule has 9 rings (SSSR count). The highest BCUT2D eigenvalue weighted by molar-refractivity contribution is 7.91. The number of nitrogens with zero attached hydrogens (tertiary/aromatic N) is 5. The second kappa shape index (κ2) is 21.5. The first-order valence-electron chi connectivity index (χ1n) is 26.7. The van der Waals surface area contributed by atoms with Gasteiger partial charge in [0.2, 0.25) is 5.78 Å². The van der Waals surface area contributed by atoms with E-state index in [1.54, 1.807) is 67.3 Å². The Labute approximate surface area is 453 Å². The summed E-state index contributed by atoms with van der Waals surface area (Å²) in [6.07, 6.45) is 0.569. The summed E-state index contributed by atoms with van der Waals surface area (Å²) in [6.45, 7) is 19.3. The molecule has 17 heteroatoms. The Hall–Kier alpha value is -6.85. The van der Waals surface area contributed by atoms with Crippen LogP contribution in [0.4, 0.5) is 9.59 Å². The SMILES string of the molecule is CCS(=O)(=O)c1ccc(CNC(=O)N2CC(c3ccccc3)C(c3nc(C(C)C)nn3C(C)(C)Cc3ccc(C4CN(C(=O)NCc5ccc(S(=O)(=O)CC)cc5)CC45Oc4c(C(C)C)ccc(C)c4C5=O)cc3)C2)cc1. The molecule has 2 fully saturated rings. The molecule has 0 aliphatic carbocycles. The lowest BCUT2D eigenvalue weighted by molar-refractivity contribution is 0.0544. The molecule has 15 nitrogen and oxygen atoms in total. The molecule has 77 heavy (non-hydrogen) atoms. The summed E-state index contributed by atoms with van der Waals surface area (Å²) >= 11 is 0. The van der Waals surface area contributed by atoms with Crippen LogP contribution in [0.2, 0.25) is 0 Å². The highest BCUT2D eigenvalue weighted by Crippen LogP contribution is 2.51. The molecule has 2 N–H and O–H groups in total. The van der Waals surface area contributed by atoms with E-state index in [1.165, 1.54) is 0 Å². The standard InChI is InChI=1S/C60H71N7O8S2/c1-10-76(71,72)46-26-20-42(21-27-46)32-61-57(69)65-34-49(44-15-13-12-14-16-44)50(35-65)56-63-55(39(5)6)64-67(56)59(8,9)31-41-18-24-45(25-19-41)51-36-66(58(70)62-33-43-22-28-47(29-23-43)77(73,74)11-2)37-60(51)54(68)52-40(7)17-30-48(38(3)4)53(52)75-60/h12-30,38-39,49-51H,10-11,31-37H2,1-9H3,(H,61,69)(H,62,70). The van der Waals surface area contributed by atoms with Crippen molar-refractivity contribution in [3.8, 4) is 5.75 Å². The second-order valence-corrected chi connectivity index (χ2v) is 26.7. The van der Waals surface area contributed by atoms with Crippen LogP contribution in [0.15, 0.2) is 125 Å². The third-order valence-corrected chi connectivity index (χ3v) is 19.2. The van der Waals surface area contributed by atoms with Gasteiger partial charge in [-0.15, -0.1) is 0 Å². The number of urea groups is 2. The summed E-state index contributed by atoms with van der Waals surface area (Å²) in [5, 5.41) is 11.3. The predicted molar refractivity (Wildman–Crippen MR) is 297 cm³/mol. The number of aromatic nitrogens is 3. The molecule has 3 aliphatic rings. The molecule has 4 atom stereocenters. The van der Waals surface area contributed by atoms with Gasteiger partial charge in [0.25, 0.3) is 0 Å². The Morgan fingerprint density at radius 1 is 0.688 bits per heavy atom. The smallest absolute Gasteiger partial charge is 0.317 e. The number of sulfone groups is 2. The molecule has 6 aromatic rings. The third kappa shape index (κ3) is 10.9. The zero-order chi connectivity index (χ0) is 55.2. The van der Waals surface area contributed by atoms with Crippen LogP contribution in [0, 0.1) is 6.92 Å². The highest BCUT2D eigenvalue weighted by atomic mass is 32.2. The van der Waals surface area contributed by atoms with Crippen LogP contribution in [0.1, 0.15) is 146 Å². The van der Waals surface area contributed by atoms with Crippen LogP contribution in [-0.4, -0.2) is 103 Å². The number of likely N-dealkylation sites (tertiary alicyclic amines) is 2. The van der Waals surface area contributed by atoms with E-state index in [0.717, 1.165) is 44.8 Å². The van der Waals surface area contributed by atoms with E-state index in [9.17, 15) is 26.4 Å². The molecule has 0 bridgehead atoms. The molecular formula is C60H71N7O8S2. The van der Waals surface area contributed by atoms with Gasteiger partial charge in [0.05, 0.1) is 44.9 Å². The molecular weight excluding hydrogens is 1010 g/mol. The number of hydrogen-bond acceptors (Lipinski definition) is 10. The van der Waals surface area contributed by atoms with Gasteiger partial charge in [-0.05, 0) is 96.3 Å². The van der Waals surface area contributed by atoms with Crippen molar-refractivity contribution in [2.45, 2.75) is 132 Å². The fourth-order valence-corrected chi connectivity index (χ4v) is 13.0. The number of ether oxygens (including phenoxy) is 1. The maximum absolute atomic E-state index is 15.0. The number of fused-ring (bicyclic) bond motifs is 1. The molecule has 4 unspecified atom stereocenters. The summed E-state index contributed by atoms with van der Waals surface area (Å²) < 4.78 is 58.7. The number of rotatable bonds is 16. The van der Waals surface area contributed by atoms with Gasteiger partial charge in [0.15, 0.2) is 31.1 Å². The Balaban J connectivity index is 0.971. The molecule has 2 saturated heterocycles. The number of hydrogen-bond donors (Lipinski definition) is 2. The van der Waals surface area contributed by atoms with Crippen molar-refractivity contribution in [3.05, 3.63) is 171 Å². The van der Waals surface area contributed by atoms with Crippen molar-refractivity contribution in [2.75, 3.05) is 37.7 Å². The fourth-order valence-electron chi connectivity index (χ4n) is 11.2. The third-order valence-electron chi connectivity index (χ3n) is 15.7. The van der Waals surface area contributed by atoms with Crippen LogP contribution in [0.25, 0.3) is 0 Å². The second-order valence-electron chi connectivity index (χ2n) is 22.2. The minimum Gasteiger partial charge on any atom is -0.475 e. The minimum atomic E-state index is -3.37. The monoisotopic (exact) mass is 1080 g/mol. The van der Waals surface area contributed by atoms with Crippen LogP contribution >= 0.6 is 0 Å². The van der Waals surface area contributed by atoms with E-state index in [0.29, 0.717) is 36.6 Å². The van der Waals surface area contributed by atoms with Crippen molar-refractivity contribution in [3.63, 3.8) is 0 Å². The Kier molecular flexibility index (Phi) is 15.4. The van der Waals surface area contributed by atoms with E-state index in [2.05, 4.69) is 81.1 Å². The first-order valence-corrected chi connectivity index (χ1v) is 30.0. The predicted octanol–water partition coefficient (Wildman–Crippen LogP) is 9.81. The van der Waals surface area contributed by atoms with Crippen LogP contribution in [0.5, 0.6) is 5.75 Å². The molecule has 3 aliphatic heterocycles. The quantitative estimate of drug-likeness (QED) is 0.0944. The zero-order valence-corrected chi connectivity index (χ0v) is 47.2. The molecule has 1 spiro atoms. The lowest BCUT2D eigenvalue weighted by Gasteiger charge is -2.30. The van der Waals surface area contributed by atoms with Gasteiger partial charge in [-0.1, -0.05) is 133 Å². The van der Waals surface area contributed by atoms with E-state index < -0.39 is 36.7 Å². The summed E-state index contributed by atoms with van der Waals surface area (Å²) in [7, 11) is -6.72. The number of carbonyl (C=O) groups excluding carboxylic acids is 3. The largest absolute Gasteiger partial charge is 0.475 e. The van der Waals surface area contributed by atoms with Crippen LogP contribution < -0.4 is 15.4 Å². The van der Waals surface area contributed by atoms with Crippen molar-refractivity contribution in [1.29, 1.82) is 0 Å². The summed E-state index contributed by atoms with van der Waals surface area (Å²) in [5.74, 6) is 1.29. The maximum atomic E-state index is 15.0. The summed E-state index contributed by atoms with van der Waals surface area (Å²) in [4.78, 5) is 52.4. The Bertz CT molecular complexity index is 3400. The number of aryl methyl sites for hydroxylation is 1. The number of Topliss-reactive ketones (excluding diaryl/α,β-unsaturated/α-hetero) is 1. The van der Waals surface area contributed by atoms with Gasteiger partial charge in [-0.2, -0.15) is 5.10 Å². The van der Waals surface area contributed by atoms with E-state index >= 15 is 4.79 Å². The van der Waals surface area contributed by atoms with E-state index in [4.69, 9.17) is 14.8 Å². The zero-order valence-electron chi connectivity index (χ0n) is 45.5. The highest BCUT2D eigenvalue weighted by Gasteiger charge is 2.61. The van der Waals surface area contributed by atoms with E-state index in [1.807, 2.05) is 54.3 Å². The van der Waals surface area contributed by atoms with Crippen molar-refractivity contribution >= 4 is 37.5 Å². The average molecular weight is 1080 g/mol. The molecule has 0 saturated carbocycles. The van der Waals surface area contributed by atoms with Crippen molar-refractivity contribution in [1.82, 2.24) is 35.2 Å². The first-order chi connectivity index (χ1) is 36.5. The van der Waals surface area contributed by atoms with Gasteiger partial charge in [0.1, 0.15) is 11.6 Å². The van der Waals surface area contributed by atoms with Gasteiger partial charge in [0, 0.05) is 50.5 Å². The molecule has 4 amide bonds. The fraction of sp³-hybridized carbons (Fsp3) is 0.417. The number of amides is 4. The van der Waals surface area contributed by atoms with Crippen LogP contribution in [-0.2, 0) is 44.7 Å². The van der Waals surface area contributed by atoms with Gasteiger partial charge in [-0.3, -0.25) is 4.79 Å². The summed E-state index contributed by atoms with van der Waals surface area (Å²) in [5.41, 5.74) is 4.85. The molecule has 4 heterocycles. The Morgan fingerprint density at radius 2 is 1.23 bits per heavy atom. The number of ketones is 1. The average Bonchev–Trinajstić information content (AvgIpc) is 4.26. The van der Waals surface area contributed by atoms with Gasteiger partial charge in [-0.25, -0.2) is 36.1 Å². The number of carbonyl (C=O) groups is 3.